The van der Waals surface area contributed by atoms with E-state index in [1.807, 2.05) is 4.90 Å². The Kier molecular flexibility index (Phi) is 6.34. The van der Waals surface area contributed by atoms with Crippen LogP contribution in [0.4, 0.5) is 15.8 Å². The van der Waals surface area contributed by atoms with Crippen LogP contribution in [0.5, 0.6) is 0 Å². The Morgan fingerprint density at radius 2 is 1.50 bits per heavy atom. The van der Waals surface area contributed by atoms with Gasteiger partial charge in [-0.05, 0) is 43.5 Å². The molecule has 0 aromatic heterocycles. The largest absolute Gasteiger partial charge is 0.366 e. The van der Waals surface area contributed by atoms with E-state index in [0.29, 0.717) is 25.2 Å². The molecule has 0 atom stereocenters. The lowest BCUT2D eigenvalue weighted by molar-refractivity contribution is -0.384. The van der Waals surface area contributed by atoms with Gasteiger partial charge in [0.1, 0.15) is 11.5 Å². The average molecular weight is 440 g/mol. The first-order valence-electron chi connectivity index (χ1n) is 10.8. The molecule has 8 nitrogen and oxygen atoms in total. The van der Waals surface area contributed by atoms with Crippen LogP contribution in [0.3, 0.4) is 0 Å². The van der Waals surface area contributed by atoms with Gasteiger partial charge in [0.15, 0.2) is 0 Å². The zero-order chi connectivity index (χ0) is 22.7. The highest BCUT2D eigenvalue weighted by molar-refractivity contribution is 5.96. The Morgan fingerprint density at radius 1 is 0.844 bits per heavy atom. The van der Waals surface area contributed by atoms with Gasteiger partial charge < -0.3 is 14.7 Å². The molecule has 2 amide bonds. The number of nitro benzene ring substituents is 1. The molecular formula is C23H25FN4O4. The van der Waals surface area contributed by atoms with Crippen molar-refractivity contribution in [2.24, 2.45) is 0 Å². The smallest absolute Gasteiger partial charge is 0.293 e. The van der Waals surface area contributed by atoms with Crippen molar-refractivity contribution < 1.29 is 18.9 Å². The number of carbonyl (C=O) groups is 2. The third-order valence-electron chi connectivity index (χ3n) is 6.04. The maximum Gasteiger partial charge on any atom is 0.293 e. The van der Waals surface area contributed by atoms with E-state index in [9.17, 15) is 24.1 Å². The molecule has 0 spiro atoms. The minimum absolute atomic E-state index is 0.0143. The van der Waals surface area contributed by atoms with Gasteiger partial charge in [-0.2, -0.15) is 0 Å². The molecule has 168 valence electrons. The summed E-state index contributed by atoms with van der Waals surface area (Å²) in [5, 5.41) is 11.6. The van der Waals surface area contributed by atoms with Gasteiger partial charge in [-0.1, -0.05) is 12.1 Å². The van der Waals surface area contributed by atoms with E-state index >= 15 is 0 Å². The van der Waals surface area contributed by atoms with Gasteiger partial charge in [0, 0.05) is 50.9 Å². The molecule has 0 bridgehead atoms. The van der Waals surface area contributed by atoms with Gasteiger partial charge in [-0.15, -0.1) is 0 Å². The van der Waals surface area contributed by atoms with Crippen LogP contribution in [-0.2, 0) is 0 Å². The molecule has 0 saturated carbocycles. The second-order valence-corrected chi connectivity index (χ2v) is 8.07. The first-order valence-corrected chi connectivity index (χ1v) is 10.8. The fraction of sp³-hybridized carbons (Fsp3) is 0.391. The summed E-state index contributed by atoms with van der Waals surface area (Å²) in [6.45, 7) is 2.92. The predicted octanol–water partition coefficient (Wildman–Crippen LogP) is 3.32. The van der Waals surface area contributed by atoms with E-state index in [1.165, 1.54) is 24.3 Å². The Bertz CT molecular complexity index is 1040. The van der Waals surface area contributed by atoms with Crippen LogP contribution in [0.2, 0.25) is 0 Å². The third-order valence-corrected chi connectivity index (χ3v) is 6.04. The summed E-state index contributed by atoms with van der Waals surface area (Å²) in [6, 6.07) is 10.5. The number of hydrogen-bond acceptors (Lipinski definition) is 5. The fourth-order valence-corrected chi connectivity index (χ4v) is 4.34. The normalized spacial score (nSPS) is 16.7. The summed E-state index contributed by atoms with van der Waals surface area (Å²) < 4.78 is 14.0. The summed E-state index contributed by atoms with van der Waals surface area (Å²) in [5.74, 6) is -1.27. The molecule has 0 radical (unpaired) electrons. The lowest BCUT2D eigenvalue weighted by Gasteiger charge is -2.23. The minimum atomic E-state index is -0.569. The van der Waals surface area contributed by atoms with Gasteiger partial charge in [0.25, 0.3) is 17.5 Å². The fourth-order valence-electron chi connectivity index (χ4n) is 4.34. The maximum atomic E-state index is 14.0. The second-order valence-electron chi connectivity index (χ2n) is 8.07. The van der Waals surface area contributed by atoms with Gasteiger partial charge in [0.05, 0.1) is 10.5 Å². The van der Waals surface area contributed by atoms with E-state index in [0.717, 1.165) is 25.9 Å². The first kappa shape index (κ1) is 21.7. The van der Waals surface area contributed by atoms with Crippen LogP contribution in [0, 0.1) is 15.9 Å². The van der Waals surface area contributed by atoms with Crippen molar-refractivity contribution in [3.05, 3.63) is 69.5 Å². The topological polar surface area (TPSA) is 87.0 Å². The highest BCUT2D eigenvalue weighted by Crippen LogP contribution is 2.32. The van der Waals surface area contributed by atoms with Crippen LogP contribution < -0.4 is 4.90 Å². The number of nitro groups is 1. The van der Waals surface area contributed by atoms with Crippen molar-refractivity contribution >= 4 is 23.2 Å². The van der Waals surface area contributed by atoms with Gasteiger partial charge in [-0.25, -0.2) is 4.39 Å². The van der Waals surface area contributed by atoms with E-state index < -0.39 is 16.6 Å². The third kappa shape index (κ3) is 4.42. The van der Waals surface area contributed by atoms with Crippen LogP contribution in [0.1, 0.15) is 40.0 Å². The van der Waals surface area contributed by atoms with E-state index in [4.69, 9.17) is 0 Å². The molecule has 0 unspecified atom stereocenters. The Morgan fingerprint density at radius 3 is 2.16 bits per heavy atom. The van der Waals surface area contributed by atoms with Gasteiger partial charge in [0.2, 0.25) is 0 Å². The molecule has 9 heteroatoms. The maximum absolute atomic E-state index is 14.0. The van der Waals surface area contributed by atoms with Crippen molar-refractivity contribution in [3.8, 4) is 0 Å². The highest BCUT2D eigenvalue weighted by atomic mass is 19.1. The molecule has 2 aromatic rings. The second kappa shape index (κ2) is 9.33. The van der Waals surface area contributed by atoms with Gasteiger partial charge in [-0.3, -0.25) is 19.7 Å². The van der Waals surface area contributed by atoms with Crippen molar-refractivity contribution in [2.75, 3.05) is 44.2 Å². The van der Waals surface area contributed by atoms with Crippen LogP contribution in [0.15, 0.2) is 42.5 Å². The van der Waals surface area contributed by atoms with Crippen LogP contribution >= 0.6 is 0 Å². The molecule has 0 aliphatic carbocycles. The average Bonchev–Trinajstić information content (AvgIpc) is 3.22. The lowest BCUT2D eigenvalue weighted by Crippen LogP contribution is -2.37. The zero-order valence-corrected chi connectivity index (χ0v) is 17.7. The van der Waals surface area contributed by atoms with Crippen molar-refractivity contribution in [2.45, 2.75) is 19.3 Å². The number of amides is 2. The number of anilines is 1. The Hall–Kier alpha value is -3.49. The quantitative estimate of drug-likeness (QED) is 0.538. The SMILES string of the molecule is O=C(c1ccc(N2CCCC2)c([N+](=O)[O-])c1)N1CCCN(C(=O)c2ccccc2F)CC1. The molecule has 2 saturated heterocycles. The predicted molar refractivity (Wildman–Crippen MR) is 117 cm³/mol. The number of rotatable bonds is 4. The van der Waals surface area contributed by atoms with Crippen LogP contribution in [0.25, 0.3) is 0 Å². The van der Waals surface area contributed by atoms with Crippen molar-refractivity contribution in [1.29, 1.82) is 0 Å². The molecule has 2 aliphatic heterocycles. The van der Waals surface area contributed by atoms with Crippen molar-refractivity contribution in [3.63, 3.8) is 0 Å². The number of nitrogens with zero attached hydrogens (tertiary/aromatic N) is 4. The number of hydrogen-bond donors (Lipinski definition) is 0. The zero-order valence-electron chi connectivity index (χ0n) is 17.7. The molecule has 2 aliphatic rings. The molecule has 2 fully saturated rings. The molecular weight excluding hydrogens is 415 g/mol. The molecule has 4 rings (SSSR count). The van der Waals surface area contributed by atoms with E-state index in [-0.39, 0.29) is 35.8 Å². The van der Waals surface area contributed by atoms with E-state index in [1.54, 1.807) is 28.0 Å². The summed E-state index contributed by atoms with van der Waals surface area (Å²) in [7, 11) is 0. The Balaban J connectivity index is 1.48. The Labute approximate surface area is 185 Å². The van der Waals surface area contributed by atoms with Crippen LogP contribution in [-0.4, -0.2) is 65.8 Å². The molecule has 32 heavy (non-hydrogen) atoms. The molecule has 2 aromatic carbocycles. The molecule has 2 heterocycles. The number of halogens is 1. The van der Waals surface area contributed by atoms with Gasteiger partial charge >= 0.3 is 0 Å². The summed E-state index contributed by atoms with van der Waals surface area (Å²) in [6.07, 6.45) is 2.53. The van der Waals surface area contributed by atoms with E-state index in [2.05, 4.69) is 0 Å². The summed E-state index contributed by atoms with van der Waals surface area (Å²) >= 11 is 0. The standard InChI is InChI=1S/C23H25FN4O4/c24-19-7-2-1-6-18(19)23(30)27-13-5-12-26(14-15-27)22(29)17-8-9-20(21(16-17)28(31)32)25-10-3-4-11-25/h1-2,6-9,16H,3-5,10-15H2. The minimum Gasteiger partial charge on any atom is -0.366 e. The summed E-state index contributed by atoms with van der Waals surface area (Å²) in [4.78, 5) is 42.1. The first-order chi connectivity index (χ1) is 15.5. The molecule has 0 N–H and O–H groups in total. The monoisotopic (exact) mass is 440 g/mol. The number of benzene rings is 2. The lowest BCUT2D eigenvalue weighted by atomic mass is 10.1. The highest BCUT2D eigenvalue weighted by Gasteiger charge is 2.28. The van der Waals surface area contributed by atoms with Crippen molar-refractivity contribution in [1.82, 2.24) is 9.80 Å². The summed E-state index contributed by atoms with van der Waals surface area (Å²) in [5.41, 5.74) is 0.749. The number of carbonyl (C=O) groups excluding carboxylic acids is 2.